The molecule has 6 heteroatoms. The second-order valence-electron chi connectivity index (χ2n) is 6.05. The molecule has 138 valence electrons. The standard InChI is InChI=1S/C20H22ClNO4/c1-12-7-5-8-13(2)18(12)22-19(23)14(3)26-20(24)15(4)25-17-10-6-9-16(21)11-17/h5-11,14-15H,1-4H3,(H,22,23). The van der Waals surface area contributed by atoms with Gasteiger partial charge in [0.05, 0.1) is 0 Å². The molecule has 2 aromatic carbocycles. The third-order valence-corrected chi connectivity index (χ3v) is 4.07. The van der Waals surface area contributed by atoms with E-state index in [-0.39, 0.29) is 0 Å². The summed E-state index contributed by atoms with van der Waals surface area (Å²) >= 11 is 5.89. The van der Waals surface area contributed by atoms with Gasteiger partial charge in [0.15, 0.2) is 12.2 Å². The van der Waals surface area contributed by atoms with Crippen molar-refractivity contribution >= 4 is 29.2 Å². The lowest BCUT2D eigenvalue weighted by Gasteiger charge is -2.19. The van der Waals surface area contributed by atoms with Crippen LogP contribution in [0.5, 0.6) is 5.75 Å². The Balaban J connectivity index is 1.94. The fourth-order valence-corrected chi connectivity index (χ4v) is 2.53. The summed E-state index contributed by atoms with van der Waals surface area (Å²) in [6, 6.07) is 12.4. The number of rotatable bonds is 6. The van der Waals surface area contributed by atoms with Crippen molar-refractivity contribution in [1.29, 1.82) is 0 Å². The molecule has 0 radical (unpaired) electrons. The number of amides is 1. The van der Waals surface area contributed by atoms with E-state index in [4.69, 9.17) is 21.1 Å². The molecular weight excluding hydrogens is 354 g/mol. The Morgan fingerprint density at radius 1 is 1.00 bits per heavy atom. The summed E-state index contributed by atoms with van der Waals surface area (Å²) in [5.74, 6) is -0.575. The molecule has 2 atom stereocenters. The fraction of sp³-hybridized carbons (Fsp3) is 0.300. The molecular formula is C20H22ClNO4. The largest absolute Gasteiger partial charge is 0.479 e. The van der Waals surface area contributed by atoms with Crippen LogP contribution in [0.4, 0.5) is 5.69 Å². The molecule has 0 saturated heterocycles. The highest BCUT2D eigenvalue weighted by Gasteiger charge is 2.24. The van der Waals surface area contributed by atoms with Crippen LogP contribution in [0.3, 0.4) is 0 Å². The van der Waals surface area contributed by atoms with E-state index < -0.39 is 24.1 Å². The second kappa shape index (κ2) is 8.72. The number of para-hydroxylation sites is 1. The summed E-state index contributed by atoms with van der Waals surface area (Å²) in [5, 5.41) is 3.31. The van der Waals surface area contributed by atoms with Crippen molar-refractivity contribution in [3.63, 3.8) is 0 Å². The number of nitrogens with one attached hydrogen (secondary N) is 1. The van der Waals surface area contributed by atoms with Crippen molar-refractivity contribution in [1.82, 2.24) is 0 Å². The van der Waals surface area contributed by atoms with E-state index in [9.17, 15) is 9.59 Å². The first kappa shape index (κ1) is 19.8. The van der Waals surface area contributed by atoms with Gasteiger partial charge in [0.2, 0.25) is 0 Å². The average Bonchev–Trinajstić information content (AvgIpc) is 2.58. The molecule has 0 saturated carbocycles. The van der Waals surface area contributed by atoms with Crippen molar-refractivity contribution in [3.05, 3.63) is 58.6 Å². The Bertz CT molecular complexity index is 786. The number of benzene rings is 2. The Labute approximate surface area is 158 Å². The Morgan fingerprint density at radius 3 is 2.23 bits per heavy atom. The monoisotopic (exact) mass is 375 g/mol. The Hall–Kier alpha value is -2.53. The molecule has 1 amide bonds. The molecule has 2 aromatic rings. The van der Waals surface area contributed by atoms with Gasteiger partial charge in [0, 0.05) is 10.7 Å². The zero-order valence-electron chi connectivity index (χ0n) is 15.2. The third kappa shape index (κ3) is 5.23. The minimum atomic E-state index is -0.952. The normalized spacial score (nSPS) is 12.8. The molecule has 0 heterocycles. The number of ether oxygens (including phenoxy) is 2. The molecule has 0 aliphatic rings. The van der Waals surface area contributed by atoms with Gasteiger partial charge in [-0.05, 0) is 57.0 Å². The van der Waals surface area contributed by atoms with Crippen LogP contribution >= 0.6 is 11.6 Å². The first-order valence-corrected chi connectivity index (χ1v) is 8.65. The predicted molar refractivity (Wildman–Crippen MR) is 102 cm³/mol. The maximum Gasteiger partial charge on any atom is 0.347 e. The summed E-state index contributed by atoms with van der Waals surface area (Å²) in [6.07, 6.45) is -1.82. The molecule has 1 N–H and O–H groups in total. The molecule has 26 heavy (non-hydrogen) atoms. The van der Waals surface area contributed by atoms with Gasteiger partial charge in [-0.1, -0.05) is 35.9 Å². The van der Waals surface area contributed by atoms with E-state index in [1.54, 1.807) is 31.2 Å². The van der Waals surface area contributed by atoms with Crippen molar-refractivity contribution < 1.29 is 19.1 Å². The smallest absolute Gasteiger partial charge is 0.347 e. The van der Waals surface area contributed by atoms with Gasteiger partial charge in [-0.3, -0.25) is 4.79 Å². The van der Waals surface area contributed by atoms with E-state index in [2.05, 4.69) is 5.32 Å². The summed E-state index contributed by atoms with van der Waals surface area (Å²) in [6.45, 7) is 6.88. The lowest BCUT2D eigenvalue weighted by Crippen LogP contribution is -2.35. The minimum absolute atomic E-state index is 0.397. The molecule has 0 bridgehead atoms. The quantitative estimate of drug-likeness (QED) is 0.765. The third-order valence-electron chi connectivity index (χ3n) is 3.83. The molecule has 2 unspecified atom stereocenters. The van der Waals surface area contributed by atoms with E-state index in [0.717, 1.165) is 16.8 Å². The summed E-state index contributed by atoms with van der Waals surface area (Å²) in [5.41, 5.74) is 2.60. The van der Waals surface area contributed by atoms with Gasteiger partial charge in [-0.25, -0.2) is 4.79 Å². The first-order chi connectivity index (χ1) is 12.3. The van der Waals surface area contributed by atoms with Crippen LogP contribution < -0.4 is 10.1 Å². The number of hydrogen-bond acceptors (Lipinski definition) is 4. The van der Waals surface area contributed by atoms with Gasteiger partial charge < -0.3 is 14.8 Å². The van der Waals surface area contributed by atoms with Crippen molar-refractivity contribution in [2.45, 2.75) is 39.9 Å². The topological polar surface area (TPSA) is 64.6 Å². The van der Waals surface area contributed by atoms with Crippen LogP contribution in [0.2, 0.25) is 5.02 Å². The molecule has 0 fully saturated rings. The fourth-order valence-electron chi connectivity index (χ4n) is 2.35. The van der Waals surface area contributed by atoms with Gasteiger partial charge >= 0.3 is 5.97 Å². The van der Waals surface area contributed by atoms with Gasteiger partial charge in [0.1, 0.15) is 5.75 Å². The molecule has 0 aliphatic carbocycles. The van der Waals surface area contributed by atoms with E-state index in [1.165, 1.54) is 6.92 Å². The highest BCUT2D eigenvalue weighted by molar-refractivity contribution is 6.30. The van der Waals surface area contributed by atoms with E-state index >= 15 is 0 Å². The number of halogens is 1. The van der Waals surface area contributed by atoms with E-state index in [1.807, 2.05) is 32.0 Å². The number of esters is 1. The highest BCUT2D eigenvalue weighted by Crippen LogP contribution is 2.21. The van der Waals surface area contributed by atoms with Crippen LogP contribution in [0.15, 0.2) is 42.5 Å². The van der Waals surface area contributed by atoms with Gasteiger partial charge in [0.25, 0.3) is 5.91 Å². The molecule has 2 rings (SSSR count). The van der Waals surface area contributed by atoms with E-state index in [0.29, 0.717) is 10.8 Å². The number of hydrogen-bond donors (Lipinski definition) is 1. The van der Waals surface area contributed by atoms with Gasteiger partial charge in [-0.15, -0.1) is 0 Å². The Kier molecular flexibility index (Phi) is 6.64. The zero-order valence-corrected chi connectivity index (χ0v) is 16.0. The van der Waals surface area contributed by atoms with Crippen molar-refractivity contribution in [2.75, 3.05) is 5.32 Å². The maximum absolute atomic E-state index is 12.3. The number of carbonyl (C=O) groups excluding carboxylic acids is 2. The van der Waals surface area contributed by atoms with Crippen LogP contribution in [0.1, 0.15) is 25.0 Å². The number of aryl methyl sites for hydroxylation is 2. The molecule has 0 aliphatic heterocycles. The van der Waals surface area contributed by atoms with Crippen molar-refractivity contribution in [2.24, 2.45) is 0 Å². The maximum atomic E-state index is 12.3. The molecule has 0 spiro atoms. The average molecular weight is 376 g/mol. The number of anilines is 1. The summed E-state index contributed by atoms with van der Waals surface area (Å²) in [4.78, 5) is 24.5. The lowest BCUT2D eigenvalue weighted by atomic mass is 10.1. The van der Waals surface area contributed by atoms with Crippen molar-refractivity contribution in [3.8, 4) is 5.75 Å². The minimum Gasteiger partial charge on any atom is -0.479 e. The van der Waals surface area contributed by atoms with Crippen LogP contribution in [0.25, 0.3) is 0 Å². The predicted octanol–water partition coefficient (Wildman–Crippen LogP) is 4.29. The zero-order chi connectivity index (χ0) is 19.3. The number of carbonyl (C=O) groups is 2. The van der Waals surface area contributed by atoms with Crippen LogP contribution in [-0.4, -0.2) is 24.1 Å². The molecule has 0 aromatic heterocycles. The Morgan fingerprint density at radius 2 is 1.62 bits per heavy atom. The van der Waals surface area contributed by atoms with Gasteiger partial charge in [-0.2, -0.15) is 0 Å². The SMILES string of the molecule is Cc1cccc(C)c1NC(=O)C(C)OC(=O)C(C)Oc1cccc(Cl)c1. The lowest BCUT2D eigenvalue weighted by molar-refractivity contribution is -0.159. The van der Waals surface area contributed by atoms with Crippen LogP contribution in [0, 0.1) is 13.8 Å². The van der Waals surface area contributed by atoms with Crippen LogP contribution in [-0.2, 0) is 14.3 Å². The second-order valence-corrected chi connectivity index (χ2v) is 6.49. The highest BCUT2D eigenvalue weighted by atomic mass is 35.5. The summed E-state index contributed by atoms with van der Waals surface area (Å²) < 4.78 is 10.7. The molecule has 5 nitrogen and oxygen atoms in total. The summed E-state index contributed by atoms with van der Waals surface area (Å²) in [7, 11) is 0. The first-order valence-electron chi connectivity index (χ1n) is 8.27.